The van der Waals surface area contributed by atoms with Gasteiger partial charge in [-0.3, -0.25) is 4.79 Å². The molecule has 0 aromatic heterocycles. The fourth-order valence-corrected chi connectivity index (χ4v) is 2.40. The Morgan fingerprint density at radius 3 is 2.88 bits per heavy atom. The van der Waals surface area contributed by atoms with E-state index in [0.717, 1.165) is 12.6 Å². The average Bonchev–Trinajstić information content (AvgIpc) is 3.05. The van der Waals surface area contributed by atoms with Gasteiger partial charge in [0, 0.05) is 19.1 Å². The highest BCUT2D eigenvalue weighted by Gasteiger charge is 2.34. The standard InChI is InChI=1S/C12H22N2O2/c1-9(12(15)16-2)13-7-10-5-6-14(8-10)11-3-4-11/h9-11,13H,3-8H2,1-2H3. The Morgan fingerprint density at radius 1 is 1.50 bits per heavy atom. The third-order valence-electron chi connectivity index (χ3n) is 3.65. The van der Waals surface area contributed by atoms with E-state index >= 15 is 0 Å². The van der Waals surface area contributed by atoms with E-state index in [1.165, 1.54) is 39.5 Å². The lowest BCUT2D eigenvalue weighted by Crippen LogP contribution is -2.38. The van der Waals surface area contributed by atoms with Crippen LogP contribution in [0.15, 0.2) is 0 Å². The van der Waals surface area contributed by atoms with Crippen LogP contribution in [0.1, 0.15) is 26.2 Å². The van der Waals surface area contributed by atoms with Crippen molar-refractivity contribution in [2.24, 2.45) is 5.92 Å². The van der Waals surface area contributed by atoms with Gasteiger partial charge in [0.25, 0.3) is 0 Å². The van der Waals surface area contributed by atoms with Crippen molar-refractivity contribution in [3.8, 4) is 0 Å². The lowest BCUT2D eigenvalue weighted by molar-refractivity contribution is -0.142. The summed E-state index contributed by atoms with van der Waals surface area (Å²) in [6, 6.07) is 0.697. The molecule has 0 aromatic rings. The van der Waals surface area contributed by atoms with Crippen LogP contribution in [0.4, 0.5) is 0 Å². The molecule has 4 heteroatoms. The summed E-state index contributed by atoms with van der Waals surface area (Å²) in [7, 11) is 1.44. The largest absolute Gasteiger partial charge is 0.468 e. The van der Waals surface area contributed by atoms with E-state index in [1.807, 2.05) is 6.92 Å². The molecule has 2 fully saturated rings. The van der Waals surface area contributed by atoms with Crippen LogP contribution in [0.5, 0.6) is 0 Å². The summed E-state index contributed by atoms with van der Waals surface area (Å²) in [6.45, 7) is 5.23. The molecular formula is C12H22N2O2. The zero-order valence-corrected chi connectivity index (χ0v) is 10.2. The predicted octanol–water partition coefficient (Wildman–Crippen LogP) is 0.622. The molecule has 2 aliphatic rings. The van der Waals surface area contributed by atoms with Gasteiger partial charge in [-0.25, -0.2) is 0 Å². The number of ether oxygens (including phenoxy) is 1. The Labute approximate surface area is 97.3 Å². The van der Waals surface area contributed by atoms with Gasteiger partial charge in [-0.05, 0) is 38.6 Å². The topological polar surface area (TPSA) is 41.6 Å². The molecular weight excluding hydrogens is 204 g/mol. The first-order valence-electron chi connectivity index (χ1n) is 6.26. The molecule has 0 spiro atoms. The smallest absolute Gasteiger partial charge is 0.322 e. The monoisotopic (exact) mass is 226 g/mol. The zero-order chi connectivity index (χ0) is 11.5. The van der Waals surface area contributed by atoms with Crippen molar-refractivity contribution in [2.45, 2.75) is 38.3 Å². The summed E-state index contributed by atoms with van der Waals surface area (Å²) in [5, 5.41) is 3.25. The summed E-state index contributed by atoms with van der Waals surface area (Å²) in [6.07, 6.45) is 4.04. The first-order chi connectivity index (χ1) is 7.70. The van der Waals surface area contributed by atoms with Gasteiger partial charge in [0.05, 0.1) is 7.11 Å². The van der Waals surface area contributed by atoms with Crippen LogP contribution in [-0.2, 0) is 9.53 Å². The number of likely N-dealkylation sites (tertiary alicyclic amines) is 1. The second kappa shape index (κ2) is 5.15. The molecule has 2 rings (SSSR count). The minimum absolute atomic E-state index is 0.169. The van der Waals surface area contributed by atoms with Gasteiger partial charge in [0.15, 0.2) is 0 Å². The summed E-state index contributed by atoms with van der Waals surface area (Å²) < 4.78 is 4.68. The molecule has 16 heavy (non-hydrogen) atoms. The quantitative estimate of drug-likeness (QED) is 0.698. The van der Waals surface area contributed by atoms with Crippen molar-refractivity contribution < 1.29 is 9.53 Å². The Hall–Kier alpha value is -0.610. The number of nitrogens with one attached hydrogen (secondary N) is 1. The van der Waals surface area contributed by atoms with Crippen LogP contribution >= 0.6 is 0 Å². The van der Waals surface area contributed by atoms with E-state index in [2.05, 4.69) is 15.0 Å². The third kappa shape index (κ3) is 2.95. The average molecular weight is 226 g/mol. The van der Waals surface area contributed by atoms with E-state index in [1.54, 1.807) is 0 Å². The minimum atomic E-state index is -0.181. The minimum Gasteiger partial charge on any atom is -0.468 e. The number of hydrogen-bond donors (Lipinski definition) is 1. The molecule has 0 amide bonds. The molecule has 0 aromatic carbocycles. The molecule has 1 saturated heterocycles. The van der Waals surface area contributed by atoms with Crippen molar-refractivity contribution in [3.63, 3.8) is 0 Å². The number of nitrogens with zero attached hydrogens (tertiary/aromatic N) is 1. The lowest BCUT2D eigenvalue weighted by Gasteiger charge is -2.17. The van der Waals surface area contributed by atoms with Crippen molar-refractivity contribution in [1.82, 2.24) is 10.2 Å². The molecule has 1 N–H and O–H groups in total. The maximum atomic E-state index is 11.2. The van der Waals surface area contributed by atoms with Gasteiger partial charge >= 0.3 is 5.97 Å². The summed E-state index contributed by atoms with van der Waals surface area (Å²) in [5.41, 5.74) is 0. The number of rotatable bonds is 5. The van der Waals surface area contributed by atoms with Gasteiger partial charge in [0.2, 0.25) is 0 Å². The van der Waals surface area contributed by atoms with Crippen LogP contribution in [-0.4, -0.2) is 49.7 Å². The van der Waals surface area contributed by atoms with Crippen molar-refractivity contribution in [1.29, 1.82) is 0 Å². The molecule has 2 atom stereocenters. The van der Waals surface area contributed by atoms with Crippen LogP contribution < -0.4 is 5.32 Å². The maximum absolute atomic E-state index is 11.2. The van der Waals surface area contributed by atoms with Crippen LogP contribution in [0.3, 0.4) is 0 Å². The van der Waals surface area contributed by atoms with Gasteiger partial charge < -0.3 is 15.0 Å². The van der Waals surface area contributed by atoms with E-state index in [-0.39, 0.29) is 12.0 Å². The van der Waals surface area contributed by atoms with Gasteiger partial charge in [-0.2, -0.15) is 0 Å². The highest BCUT2D eigenvalue weighted by Crippen LogP contribution is 2.31. The number of methoxy groups -OCH3 is 1. The Kier molecular flexibility index (Phi) is 3.82. The van der Waals surface area contributed by atoms with E-state index in [9.17, 15) is 4.79 Å². The molecule has 4 nitrogen and oxygen atoms in total. The third-order valence-corrected chi connectivity index (χ3v) is 3.65. The first kappa shape index (κ1) is 11.9. The predicted molar refractivity (Wildman–Crippen MR) is 62.2 cm³/mol. The number of carbonyl (C=O) groups is 1. The van der Waals surface area contributed by atoms with E-state index < -0.39 is 0 Å². The van der Waals surface area contributed by atoms with Gasteiger partial charge in [-0.1, -0.05) is 0 Å². The van der Waals surface area contributed by atoms with Crippen LogP contribution in [0.25, 0.3) is 0 Å². The Balaban J connectivity index is 1.65. The fraction of sp³-hybridized carbons (Fsp3) is 0.917. The number of carbonyl (C=O) groups excluding carboxylic acids is 1. The molecule has 2 unspecified atom stereocenters. The molecule has 0 radical (unpaired) electrons. The lowest BCUT2D eigenvalue weighted by atomic mass is 10.1. The summed E-state index contributed by atoms with van der Waals surface area (Å²) in [4.78, 5) is 13.8. The molecule has 1 saturated carbocycles. The zero-order valence-electron chi connectivity index (χ0n) is 10.2. The van der Waals surface area contributed by atoms with Gasteiger partial charge in [0.1, 0.15) is 6.04 Å². The number of hydrogen-bond acceptors (Lipinski definition) is 4. The number of esters is 1. The second-order valence-electron chi connectivity index (χ2n) is 5.03. The SMILES string of the molecule is COC(=O)C(C)NCC1CCN(C2CC2)C1. The van der Waals surface area contributed by atoms with Crippen molar-refractivity contribution in [2.75, 3.05) is 26.7 Å². The summed E-state index contributed by atoms with van der Waals surface area (Å²) in [5.74, 6) is 0.532. The Bertz CT molecular complexity index is 253. The van der Waals surface area contributed by atoms with Crippen LogP contribution in [0, 0.1) is 5.92 Å². The van der Waals surface area contributed by atoms with Crippen LogP contribution in [0.2, 0.25) is 0 Å². The molecule has 1 aliphatic carbocycles. The highest BCUT2D eigenvalue weighted by atomic mass is 16.5. The Morgan fingerprint density at radius 2 is 2.25 bits per heavy atom. The van der Waals surface area contributed by atoms with E-state index in [4.69, 9.17) is 0 Å². The molecule has 0 bridgehead atoms. The fourth-order valence-electron chi connectivity index (χ4n) is 2.40. The molecule has 1 heterocycles. The van der Waals surface area contributed by atoms with Crippen molar-refractivity contribution >= 4 is 5.97 Å². The van der Waals surface area contributed by atoms with Gasteiger partial charge in [-0.15, -0.1) is 0 Å². The molecule has 92 valence electrons. The molecule has 1 aliphatic heterocycles. The van der Waals surface area contributed by atoms with E-state index in [0.29, 0.717) is 5.92 Å². The highest BCUT2D eigenvalue weighted by molar-refractivity contribution is 5.75. The maximum Gasteiger partial charge on any atom is 0.322 e. The first-order valence-corrected chi connectivity index (χ1v) is 6.26. The normalized spacial score (nSPS) is 28.0. The summed E-state index contributed by atoms with van der Waals surface area (Å²) >= 11 is 0. The second-order valence-corrected chi connectivity index (χ2v) is 5.03. The van der Waals surface area contributed by atoms with Crippen molar-refractivity contribution in [3.05, 3.63) is 0 Å².